The third-order valence-electron chi connectivity index (χ3n) is 3.65. The molecule has 2 amide bonds. The minimum atomic E-state index is -1.10. The summed E-state index contributed by atoms with van der Waals surface area (Å²) in [5.41, 5.74) is 0.568. The first-order valence-corrected chi connectivity index (χ1v) is 8.27. The van der Waals surface area contributed by atoms with Crippen LogP contribution in [-0.4, -0.2) is 49.7 Å². The monoisotopic (exact) mass is 366 g/mol. The van der Waals surface area contributed by atoms with E-state index in [-0.39, 0.29) is 18.9 Å². The average molecular weight is 366 g/mol. The Kier molecular flexibility index (Phi) is 8.41. The molecule has 8 heteroatoms. The van der Waals surface area contributed by atoms with Crippen LogP contribution in [0.3, 0.4) is 0 Å². The molecule has 0 aromatic heterocycles. The van der Waals surface area contributed by atoms with Crippen molar-refractivity contribution in [2.75, 3.05) is 20.8 Å². The molecule has 0 heterocycles. The molecule has 144 valence electrons. The summed E-state index contributed by atoms with van der Waals surface area (Å²) in [5.74, 6) is -0.933. The smallest absolute Gasteiger partial charge is 0.326 e. The Bertz CT molecular complexity index is 622. The Morgan fingerprint density at radius 2 is 1.65 bits per heavy atom. The summed E-state index contributed by atoms with van der Waals surface area (Å²) in [7, 11) is 2.98. The highest BCUT2D eigenvalue weighted by molar-refractivity contribution is 5.88. The van der Waals surface area contributed by atoms with E-state index < -0.39 is 23.8 Å². The first-order chi connectivity index (χ1) is 12.3. The normalized spacial score (nSPS) is 11.6. The van der Waals surface area contributed by atoms with Gasteiger partial charge >= 0.3 is 5.97 Å². The second kappa shape index (κ2) is 10.3. The molecule has 0 saturated carbocycles. The quantitative estimate of drug-likeness (QED) is 0.569. The van der Waals surface area contributed by atoms with E-state index in [9.17, 15) is 14.4 Å². The predicted molar refractivity (Wildman–Crippen MR) is 95.3 cm³/mol. The summed E-state index contributed by atoms with van der Waals surface area (Å²) in [6.45, 7) is 3.42. The molecule has 0 aliphatic heterocycles. The molecule has 0 fully saturated rings. The summed E-state index contributed by atoms with van der Waals surface area (Å²) in [5, 5.41) is 14.0. The van der Waals surface area contributed by atoms with Crippen molar-refractivity contribution < 1.29 is 29.0 Å². The van der Waals surface area contributed by atoms with E-state index in [1.807, 2.05) is 13.8 Å². The minimum Gasteiger partial charge on any atom is -0.496 e. The number of carbonyl (C=O) groups excluding carboxylic acids is 2. The van der Waals surface area contributed by atoms with Crippen LogP contribution in [0.2, 0.25) is 0 Å². The van der Waals surface area contributed by atoms with Crippen molar-refractivity contribution in [3.05, 3.63) is 23.8 Å². The number of rotatable bonds is 10. The number of hydrogen-bond donors (Lipinski definition) is 3. The number of carbonyl (C=O) groups is 3. The molecule has 0 bridgehead atoms. The van der Waals surface area contributed by atoms with Gasteiger partial charge in [0, 0.05) is 5.56 Å². The second-order valence-corrected chi connectivity index (χ2v) is 6.18. The summed E-state index contributed by atoms with van der Waals surface area (Å²) >= 11 is 0. The van der Waals surface area contributed by atoms with E-state index in [1.165, 1.54) is 14.2 Å². The number of ether oxygens (including phenoxy) is 2. The Morgan fingerprint density at radius 1 is 1.08 bits per heavy atom. The van der Waals surface area contributed by atoms with Crippen molar-refractivity contribution in [1.29, 1.82) is 0 Å². The molecule has 3 N–H and O–H groups in total. The van der Waals surface area contributed by atoms with Gasteiger partial charge in [-0.05, 0) is 24.5 Å². The fraction of sp³-hybridized carbons (Fsp3) is 0.500. The first kappa shape index (κ1) is 21.3. The summed E-state index contributed by atoms with van der Waals surface area (Å²) in [4.78, 5) is 35.2. The van der Waals surface area contributed by atoms with Crippen LogP contribution in [0.25, 0.3) is 0 Å². The summed E-state index contributed by atoms with van der Waals surface area (Å²) in [6, 6.07) is 4.18. The highest BCUT2D eigenvalue weighted by atomic mass is 16.5. The van der Waals surface area contributed by atoms with Gasteiger partial charge in [0.15, 0.2) is 0 Å². The van der Waals surface area contributed by atoms with Crippen molar-refractivity contribution >= 4 is 17.8 Å². The van der Waals surface area contributed by atoms with Gasteiger partial charge in [-0.3, -0.25) is 9.59 Å². The maximum Gasteiger partial charge on any atom is 0.326 e. The number of carboxylic acid groups (broad SMARTS) is 1. The van der Waals surface area contributed by atoms with Gasteiger partial charge in [-0.25, -0.2) is 4.79 Å². The largest absolute Gasteiger partial charge is 0.496 e. The van der Waals surface area contributed by atoms with Gasteiger partial charge in [-0.1, -0.05) is 19.9 Å². The minimum absolute atomic E-state index is 0.0329. The van der Waals surface area contributed by atoms with Crippen molar-refractivity contribution in [2.24, 2.45) is 5.92 Å². The number of benzene rings is 1. The van der Waals surface area contributed by atoms with Crippen LogP contribution in [0.15, 0.2) is 18.2 Å². The predicted octanol–water partition coefficient (Wildman–Crippen LogP) is 0.978. The molecule has 1 aromatic carbocycles. The number of aliphatic carboxylic acids is 1. The van der Waals surface area contributed by atoms with Gasteiger partial charge in [-0.2, -0.15) is 0 Å². The van der Waals surface area contributed by atoms with Gasteiger partial charge in [0.1, 0.15) is 17.5 Å². The molecule has 0 spiro atoms. The van der Waals surface area contributed by atoms with Crippen LogP contribution in [0.5, 0.6) is 11.5 Å². The highest BCUT2D eigenvalue weighted by Crippen LogP contribution is 2.28. The molecule has 0 saturated heterocycles. The molecule has 1 atom stereocenters. The SMILES string of the molecule is COc1cccc(OC)c1CC(=O)NCC(=O)N[C@@H](CC(C)C)C(=O)O. The van der Waals surface area contributed by atoms with Crippen LogP contribution in [0, 0.1) is 5.92 Å². The molecule has 8 nitrogen and oxygen atoms in total. The Labute approximate surface area is 152 Å². The zero-order valence-electron chi connectivity index (χ0n) is 15.5. The van der Waals surface area contributed by atoms with Gasteiger partial charge < -0.3 is 25.2 Å². The van der Waals surface area contributed by atoms with Crippen molar-refractivity contribution in [2.45, 2.75) is 32.7 Å². The van der Waals surface area contributed by atoms with Crippen LogP contribution in [0.4, 0.5) is 0 Å². The number of nitrogens with one attached hydrogen (secondary N) is 2. The van der Waals surface area contributed by atoms with Crippen LogP contribution in [-0.2, 0) is 20.8 Å². The Balaban J connectivity index is 2.62. The van der Waals surface area contributed by atoms with E-state index in [2.05, 4.69) is 10.6 Å². The van der Waals surface area contributed by atoms with Crippen LogP contribution >= 0.6 is 0 Å². The molecule has 1 rings (SSSR count). The molecule has 26 heavy (non-hydrogen) atoms. The first-order valence-electron chi connectivity index (χ1n) is 8.27. The van der Waals surface area contributed by atoms with E-state index in [1.54, 1.807) is 18.2 Å². The third kappa shape index (κ3) is 6.62. The molecule has 0 aliphatic carbocycles. The van der Waals surface area contributed by atoms with Gasteiger partial charge in [0.2, 0.25) is 11.8 Å². The molecular weight excluding hydrogens is 340 g/mol. The zero-order chi connectivity index (χ0) is 19.7. The number of hydrogen-bond acceptors (Lipinski definition) is 5. The van der Waals surface area contributed by atoms with E-state index in [0.29, 0.717) is 23.5 Å². The van der Waals surface area contributed by atoms with E-state index in [0.717, 1.165) is 0 Å². The topological polar surface area (TPSA) is 114 Å². The van der Waals surface area contributed by atoms with Gasteiger partial charge in [0.05, 0.1) is 27.2 Å². The molecule has 0 aliphatic rings. The standard InChI is InChI=1S/C18H26N2O6/c1-11(2)8-13(18(23)24)20-17(22)10-19-16(21)9-12-14(25-3)6-5-7-15(12)26-4/h5-7,11,13H,8-10H2,1-4H3,(H,19,21)(H,20,22)(H,23,24)/t13-/m0/s1. The summed E-state index contributed by atoms with van der Waals surface area (Å²) < 4.78 is 10.5. The fourth-order valence-corrected chi connectivity index (χ4v) is 2.44. The maximum atomic E-state index is 12.1. The lowest BCUT2D eigenvalue weighted by Gasteiger charge is -2.17. The molecular formula is C18H26N2O6. The third-order valence-corrected chi connectivity index (χ3v) is 3.65. The van der Waals surface area contributed by atoms with E-state index in [4.69, 9.17) is 14.6 Å². The number of amides is 2. The van der Waals surface area contributed by atoms with Crippen molar-refractivity contribution in [3.8, 4) is 11.5 Å². The Morgan fingerprint density at radius 3 is 2.12 bits per heavy atom. The van der Waals surface area contributed by atoms with E-state index >= 15 is 0 Å². The molecule has 1 aromatic rings. The second-order valence-electron chi connectivity index (χ2n) is 6.18. The highest BCUT2D eigenvalue weighted by Gasteiger charge is 2.21. The van der Waals surface area contributed by atoms with Crippen molar-refractivity contribution in [3.63, 3.8) is 0 Å². The van der Waals surface area contributed by atoms with Gasteiger partial charge in [-0.15, -0.1) is 0 Å². The zero-order valence-corrected chi connectivity index (χ0v) is 15.5. The van der Waals surface area contributed by atoms with Crippen molar-refractivity contribution in [1.82, 2.24) is 10.6 Å². The maximum absolute atomic E-state index is 12.1. The lowest BCUT2D eigenvalue weighted by Crippen LogP contribution is -2.46. The Hall–Kier alpha value is -2.77. The van der Waals surface area contributed by atoms with Gasteiger partial charge in [0.25, 0.3) is 0 Å². The fourth-order valence-electron chi connectivity index (χ4n) is 2.44. The number of carboxylic acids is 1. The summed E-state index contributed by atoms with van der Waals surface area (Å²) in [6.07, 6.45) is 0.280. The number of methoxy groups -OCH3 is 2. The molecule has 0 radical (unpaired) electrons. The lowest BCUT2D eigenvalue weighted by molar-refractivity contribution is -0.142. The van der Waals surface area contributed by atoms with Crippen LogP contribution < -0.4 is 20.1 Å². The van der Waals surface area contributed by atoms with Crippen LogP contribution in [0.1, 0.15) is 25.8 Å². The average Bonchev–Trinajstić information content (AvgIpc) is 2.59. The lowest BCUT2D eigenvalue weighted by atomic mass is 10.0. The molecule has 0 unspecified atom stereocenters.